The smallest absolute Gasteiger partial charge is 0.175 e. The van der Waals surface area contributed by atoms with Gasteiger partial charge in [-0.3, -0.25) is 0 Å². The van der Waals surface area contributed by atoms with Crippen LogP contribution in [0.4, 0.5) is 0 Å². The Kier molecular flexibility index (Phi) is 6.44. The second-order valence-corrected chi connectivity index (χ2v) is 6.64. The number of hydrazine groups is 1. The van der Waals surface area contributed by atoms with Gasteiger partial charge in [-0.25, -0.2) is 15.0 Å². The number of nitrogens with zero attached hydrogens (tertiary/aromatic N) is 4. The predicted molar refractivity (Wildman–Crippen MR) is 80.5 cm³/mol. The quantitative estimate of drug-likeness (QED) is 0.691. The van der Waals surface area contributed by atoms with E-state index >= 15 is 0 Å². The molecule has 0 amide bonds. The van der Waals surface area contributed by atoms with Crippen LogP contribution < -0.4 is 0 Å². The van der Waals surface area contributed by atoms with Crippen molar-refractivity contribution in [1.82, 2.24) is 14.9 Å². The molecule has 2 heterocycles. The first-order valence-electron chi connectivity index (χ1n) is 5.74. The Morgan fingerprint density at radius 2 is 1.94 bits per heavy atom. The van der Waals surface area contributed by atoms with Gasteiger partial charge in [0.25, 0.3) is 0 Å². The van der Waals surface area contributed by atoms with Crippen LogP contribution in [0, 0.1) is 0 Å². The Morgan fingerprint density at radius 3 is 2.59 bits per heavy atom. The third-order valence-corrected chi connectivity index (χ3v) is 5.36. The van der Waals surface area contributed by atoms with Crippen molar-refractivity contribution in [2.45, 2.75) is 24.8 Å². The summed E-state index contributed by atoms with van der Waals surface area (Å²) in [6.45, 7) is 2.30. The summed E-state index contributed by atoms with van der Waals surface area (Å²) < 4.78 is 0. The zero-order chi connectivity index (χ0) is 11.5. The predicted octanol–water partition coefficient (Wildman–Crippen LogP) is 2.34. The summed E-state index contributed by atoms with van der Waals surface area (Å²) in [5.74, 6) is 0. The standard InChI is InChI=1S/C10H20N4S2.ClH/c1-12(2)9-11-10(16-15-9)14-8-6-4-5-7-13(14)3;/h10H,4-8H2,1-3H3;1H. The van der Waals surface area contributed by atoms with Gasteiger partial charge in [0.15, 0.2) is 10.7 Å². The van der Waals surface area contributed by atoms with Crippen molar-refractivity contribution < 1.29 is 0 Å². The zero-order valence-electron chi connectivity index (χ0n) is 10.6. The summed E-state index contributed by atoms with van der Waals surface area (Å²) in [6, 6.07) is 0. The van der Waals surface area contributed by atoms with Gasteiger partial charge in [0, 0.05) is 34.2 Å². The third-order valence-electron chi connectivity index (χ3n) is 2.87. The van der Waals surface area contributed by atoms with Gasteiger partial charge in [-0.1, -0.05) is 6.42 Å². The van der Waals surface area contributed by atoms with E-state index in [1.807, 2.05) is 10.8 Å². The summed E-state index contributed by atoms with van der Waals surface area (Å²) in [5, 5.41) is 5.88. The van der Waals surface area contributed by atoms with E-state index in [1.54, 1.807) is 10.8 Å². The molecule has 7 heteroatoms. The molecule has 2 aliphatic rings. The molecule has 100 valence electrons. The van der Waals surface area contributed by atoms with Crippen LogP contribution in [0.2, 0.25) is 0 Å². The highest BCUT2D eigenvalue weighted by molar-refractivity contribution is 8.82. The van der Waals surface area contributed by atoms with E-state index in [4.69, 9.17) is 4.99 Å². The molecule has 0 aromatic carbocycles. The van der Waals surface area contributed by atoms with E-state index < -0.39 is 0 Å². The molecule has 0 bridgehead atoms. The summed E-state index contributed by atoms with van der Waals surface area (Å²) in [4.78, 5) is 6.85. The van der Waals surface area contributed by atoms with Gasteiger partial charge in [-0.2, -0.15) is 0 Å². The lowest BCUT2D eigenvalue weighted by Crippen LogP contribution is -2.43. The SMILES string of the molecule is CN(C)C1=NC(N2CCCCCN2C)SS1.Cl. The molecular formula is C10H21ClN4S2. The molecule has 0 spiro atoms. The minimum Gasteiger partial charge on any atom is -0.357 e. The van der Waals surface area contributed by atoms with Crippen molar-refractivity contribution in [2.24, 2.45) is 4.99 Å². The lowest BCUT2D eigenvalue weighted by Gasteiger charge is -2.32. The molecular weight excluding hydrogens is 276 g/mol. The number of amidine groups is 1. The Labute approximate surface area is 118 Å². The average Bonchev–Trinajstić information content (AvgIpc) is 2.63. The topological polar surface area (TPSA) is 22.1 Å². The first kappa shape index (κ1) is 15.4. The van der Waals surface area contributed by atoms with Gasteiger partial charge in [-0.05, 0) is 34.4 Å². The molecule has 2 rings (SSSR count). The van der Waals surface area contributed by atoms with Gasteiger partial charge < -0.3 is 4.90 Å². The van der Waals surface area contributed by atoms with Crippen molar-refractivity contribution in [2.75, 3.05) is 34.2 Å². The summed E-state index contributed by atoms with van der Waals surface area (Å²) in [7, 11) is 9.93. The number of hydrogen-bond donors (Lipinski definition) is 0. The Morgan fingerprint density at radius 1 is 1.24 bits per heavy atom. The third kappa shape index (κ3) is 3.92. The fraction of sp³-hybridized carbons (Fsp3) is 0.900. The van der Waals surface area contributed by atoms with Crippen molar-refractivity contribution in [3.05, 3.63) is 0 Å². The Balaban J connectivity index is 0.00000144. The first-order valence-corrected chi connectivity index (χ1v) is 7.96. The molecule has 1 saturated heterocycles. The number of halogens is 1. The molecule has 0 radical (unpaired) electrons. The molecule has 0 aliphatic carbocycles. The largest absolute Gasteiger partial charge is 0.357 e. The molecule has 0 aromatic rings. The van der Waals surface area contributed by atoms with Gasteiger partial charge in [-0.15, -0.1) is 12.4 Å². The average molecular weight is 297 g/mol. The summed E-state index contributed by atoms with van der Waals surface area (Å²) >= 11 is 0. The van der Waals surface area contributed by atoms with Crippen LogP contribution in [0.15, 0.2) is 4.99 Å². The van der Waals surface area contributed by atoms with Crippen LogP contribution in [-0.2, 0) is 0 Å². The Bertz CT molecular complexity index is 275. The maximum absolute atomic E-state index is 4.76. The lowest BCUT2D eigenvalue weighted by molar-refractivity contribution is 0.00133. The van der Waals surface area contributed by atoms with E-state index in [0.29, 0.717) is 0 Å². The number of hydrogen-bond acceptors (Lipinski definition) is 6. The highest BCUT2D eigenvalue weighted by Gasteiger charge is 2.29. The second kappa shape index (κ2) is 7.09. The highest BCUT2D eigenvalue weighted by Crippen LogP contribution is 2.39. The first-order chi connectivity index (χ1) is 7.68. The fourth-order valence-corrected chi connectivity index (χ4v) is 4.46. The van der Waals surface area contributed by atoms with Crippen LogP contribution >= 0.6 is 34.0 Å². The maximum atomic E-state index is 4.76. The molecule has 0 N–H and O–H groups in total. The molecule has 0 aromatic heterocycles. The monoisotopic (exact) mass is 296 g/mol. The van der Waals surface area contributed by atoms with E-state index in [0.717, 1.165) is 18.3 Å². The molecule has 2 aliphatic heterocycles. The van der Waals surface area contributed by atoms with Gasteiger partial charge >= 0.3 is 0 Å². The molecule has 1 fully saturated rings. The molecule has 17 heavy (non-hydrogen) atoms. The van der Waals surface area contributed by atoms with Gasteiger partial charge in [0.05, 0.1) is 0 Å². The number of rotatable bonds is 1. The van der Waals surface area contributed by atoms with Gasteiger partial charge in [0.2, 0.25) is 0 Å². The van der Waals surface area contributed by atoms with Crippen LogP contribution in [-0.4, -0.2) is 59.8 Å². The van der Waals surface area contributed by atoms with Crippen LogP contribution in [0.3, 0.4) is 0 Å². The highest BCUT2D eigenvalue weighted by atomic mass is 35.5. The van der Waals surface area contributed by atoms with Crippen LogP contribution in [0.25, 0.3) is 0 Å². The van der Waals surface area contributed by atoms with E-state index in [1.165, 1.54) is 19.3 Å². The number of aliphatic imine (C=N–C) groups is 1. The molecule has 4 nitrogen and oxygen atoms in total. The van der Waals surface area contributed by atoms with Crippen molar-refractivity contribution in [3.8, 4) is 0 Å². The summed E-state index contributed by atoms with van der Waals surface area (Å²) in [5.41, 5.74) is 0.269. The summed E-state index contributed by atoms with van der Waals surface area (Å²) in [6.07, 6.45) is 3.94. The van der Waals surface area contributed by atoms with Gasteiger partial charge in [0.1, 0.15) is 0 Å². The minimum absolute atomic E-state index is 0. The van der Waals surface area contributed by atoms with Crippen molar-refractivity contribution in [3.63, 3.8) is 0 Å². The lowest BCUT2D eigenvalue weighted by atomic mass is 10.2. The zero-order valence-corrected chi connectivity index (χ0v) is 13.1. The maximum Gasteiger partial charge on any atom is 0.175 e. The Hall–Kier alpha value is 0.380. The fourth-order valence-electron chi connectivity index (χ4n) is 1.90. The van der Waals surface area contributed by atoms with E-state index in [-0.39, 0.29) is 17.9 Å². The molecule has 1 atom stereocenters. The second-order valence-electron chi connectivity index (χ2n) is 4.42. The van der Waals surface area contributed by atoms with Crippen molar-refractivity contribution in [1.29, 1.82) is 0 Å². The van der Waals surface area contributed by atoms with Crippen LogP contribution in [0.1, 0.15) is 19.3 Å². The molecule has 0 saturated carbocycles. The minimum atomic E-state index is 0. The normalized spacial score (nSPS) is 27.2. The van der Waals surface area contributed by atoms with E-state index in [9.17, 15) is 0 Å². The van der Waals surface area contributed by atoms with Crippen molar-refractivity contribution >= 4 is 39.2 Å². The van der Waals surface area contributed by atoms with E-state index in [2.05, 4.69) is 36.1 Å². The van der Waals surface area contributed by atoms with Crippen LogP contribution in [0.5, 0.6) is 0 Å². The molecule has 1 unspecified atom stereocenters.